The Hall–Kier alpha value is -0.940. The van der Waals surface area contributed by atoms with Crippen molar-refractivity contribution >= 4 is 17.2 Å². The molecule has 19 heavy (non-hydrogen) atoms. The summed E-state index contributed by atoms with van der Waals surface area (Å²) in [5.41, 5.74) is 1.28. The predicted octanol–water partition coefficient (Wildman–Crippen LogP) is 2.07. The van der Waals surface area contributed by atoms with Gasteiger partial charge in [0.05, 0.1) is 17.2 Å². The Kier molecular flexibility index (Phi) is 5.79. The van der Waals surface area contributed by atoms with Crippen molar-refractivity contribution in [2.45, 2.75) is 44.4 Å². The summed E-state index contributed by atoms with van der Waals surface area (Å²) in [6, 6.07) is 0. The number of nitrogens with zero attached hydrogens (tertiary/aromatic N) is 1. The van der Waals surface area contributed by atoms with E-state index in [9.17, 15) is 4.79 Å². The minimum Gasteiger partial charge on any atom is -0.355 e. The van der Waals surface area contributed by atoms with Crippen LogP contribution in [0.15, 0.2) is 5.38 Å². The van der Waals surface area contributed by atoms with Gasteiger partial charge in [-0.3, -0.25) is 4.79 Å². The highest BCUT2D eigenvalue weighted by Gasteiger charge is 2.18. The molecule has 0 atom stereocenters. The van der Waals surface area contributed by atoms with Crippen LogP contribution in [0, 0.1) is 0 Å². The zero-order valence-electron chi connectivity index (χ0n) is 11.6. The van der Waals surface area contributed by atoms with Gasteiger partial charge < -0.3 is 10.6 Å². The molecular weight excluding hydrogens is 258 g/mol. The first-order valence-corrected chi connectivity index (χ1v) is 8.03. The van der Waals surface area contributed by atoms with Crippen LogP contribution in [0.2, 0.25) is 0 Å². The smallest absolute Gasteiger partial charge is 0.233 e. The highest BCUT2D eigenvalue weighted by Crippen LogP contribution is 2.32. The van der Waals surface area contributed by atoms with Crippen LogP contribution in [0.4, 0.5) is 0 Å². The van der Waals surface area contributed by atoms with E-state index in [1.165, 1.54) is 37.8 Å². The van der Waals surface area contributed by atoms with Crippen LogP contribution >= 0.6 is 11.3 Å². The zero-order chi connectivity index (χ0) is 13.5. The molecule has 0 bridgehead atoms. The third-order valence-corrected chi connectivity index (χ3v) is 4.52. The molecule has 4 nitrogen and oxygen atoms in total. The van der Waals surface area contributed by atoms with E-state index < -0.39 is 0 Å². The molecule has 0 saturated heterocycles. The zero-order valence-corrected chi connectivity index (χ0v) is 12.4. The summed E-state index contributed by atoms with van der Waals surface area (Å²) in [6.07, 6.45) is 7.50. The van der Waals surface area contributed by atoms with Gasteiger partial charge >= 0.3 is 0 Å². The molecule has 1 aliphatic carbocycles. The minimum atomic E-state index is 0.0477. The van der Waals surface area contributed by atoms with Crippen LogP contribution in [0.25, 0.3) is 0 Å². The summed E-state index contributed by atoms with van der Waals surface area (Å²) in [5.74, 6) is 0.726. The normalized spacial score (nSPS) is 16.5. The summed E-state index contributed by atoms with van der Waals surface area (Å²) in [5, 5.41) is 9.08. The number of thiazole rings is 1. The van der Waals surface area contributed by atoms with Crippen LogP contribution in [0.5, 0.6) is 0 Å². The van der Waals surface area contributed by atoms with Crippen molar-refractivity contribution in [1.29, 1.82) is 0 Å². The van der Waals surface area contributed by atoms with Crippen molar-refractivity contribution in [2.75, 3.05) is 20.1 Å². The van der Waals surface area contributed by atoms with Crippen molar-refractivity contribution in [3.63, 3.8) is 0 Å². The molecule has 1 aromatic rings. The lowest BCUT2D eigenvalue weighted by Crippen LogP contribution is -2.33. The van der Waals surface area contributed by atoms with Crippen molar-refractivity contribution in [2.24, 2.45) is 0 Å². The maximum atomic E-state index is 11.3. The maximum absolute atomic E-state index is 11.3. The monoisotopic (exact) mass is 281 g/mol. The Morgan fingerprint density at radius 2 is 2.21 bits per heavy atom. The molecule has 106 valence electrons. The third-order valence-electron chi connectivity index (χ3n) is 3.59. The molecule has 1 fully saturated rings. The molecule has 1 aromatic heterocycles. The molecule has 1 heterocycles. The van der Waals surface area contributed by atoms with Crippen molar-refractivity contribution in [1.82, 2.24) is 15.6 Å². The summed E-state index contributed by atoms with van der Waals surface area (Å²) in [6.45, 7) is 1.06. The molecule has 1 amide bonds. The number of hydrogen-bond donors (Lipinski definition) is 2. The summed E-state index contributed by atoms with van der Waals surface area (Å²) in [7, 11) is 1.77. The SMILES string of the molecule is CNCC(=O)NCCc1nc(C2CCCCC2)cs1. The summed E-state index contributed by atoms with van der Waals surface area (Å²) in [4.78, 5) is 16.0. The van der Waals surface area contributed by atoms with E-state index in [1.54, 1.807) is 18.4 Å². The van der Waals surface area contributed by atoms with Crippen molar-refractivity contribution in [3.05, 3.63) is 16.1 Å². The second-order valence-electron chi connectivity index (χ2n) is 5.13. The molecule has 0 aromatic carbocycles. The van der Waals surface area contributed by atoms with Gasteiger partial charge in [0, 0.05) is 24.3 Å². The van der Waals surface area contributed by atoms with Crippen LogP contribution in [-0.4, -0.2) is 31.0 Å². The van der Waals surface area contributed by atoms with E-state index in [1.807, 2.05) is 0 Å². The summed E-state index contributed by atoms with van der Waals surface area (Å²) >= 11 is 1.73. The average molecular weight is 281 g/mol. The van der Waals surface area contributed by atoms with Crippen LogP contribution in [0.1, 0.15) is 48.7 Å². The van der Waals surface area contributed by atoms with Crippen LogP contribution in [0.3, 0.4) is 0 Å². The van der Waals surface area contributed by atoms with E-state index >= 15 is 0 Å². The van der Waals surface area contributed by atoms with E-state index in [0.717, 1.165) is 11.4 Å². The molecule has 2 N–H and O–H groups in total. The number of rotatable bonds is 6. The fourth-order valence-electron chi connectivity index (χ4n) is 2.56. The number of amides is 1. The second-order valence-corrected chi connectivity index (χ2v) is 6.07. The van der Waals surface area contributed by atoms with E-state index in [0.29, 0.717) is 19.0 Å². The molecule has 1 aliphatic rings. The third kappa shape index (κ3) is 4.58. The van der Waals surface area contributed by atoms with Crippen molar-refractivity contribution < 1.29 is 4.79 Å². The number of carbonyl (C=O) groups is 1. The van der Waals surface area contributed by atoms with Gasteiger partial charge in [-0.15, -0.1) is 11.3 Å². The van der Waals surface area contributed by atoms with Crippen LogP contribution < -0.4 is 10.6 Å². The predicted molar refractivity (Wildman–Crippen MR) is 78.6 cm³/mol. The molecule has 1 saturated carbocycles. The van der Waals surface area contributed by atoms with Gasteiger partial charge in [0.25, 0.3) is 0 Å². The van der Waals surface area contributed by atoms with E-state index in [4.69, 9.17) is 4.98 Å². The van der Waals surface area contributed by atoms with Crippen molar-refractivity contribution in [3.8, 4) is 0 Å². The molecule has 0 radical (unpaired) electrons. The van der Waals surface area contributed by atoms with Gasteiger partial charge in [0.1, 0.15) is 0 Å². The number of aromatic nitrogens is 1. The first kappa shape index (κ1) is 14.5. The molecule has 0 spiro atoms. The molecule has 0 unspecified atom stereocenters. The fourth-order valence-corrected chi connectivity index (χ4v) is 3.44. The Morgan fingerprint density at radius 3 is 2.95 bits per heavy atom. The van der Waals surface area contributed by atoms with Gasteiger partial charge in [0.15, 0.2) is 0 Å². The van der Waals surface area contributed by atoms with E-state index in [2.05, 4.69) is 16.0 Å². The lowest BCUT2D eigenvalue weighted by molar-refractivity contribution is -0.120. The lowest BCUT2D eigenvalue weighted by Gasteiger charge is -2.19. The Balaban J connectivity index is 1.75. The number of likely N-dealkylation sites (N-methyl/N-ethyl adjacent to an activating group) is 1. The van der Waals surface area contributed by atoms with Gasteiger partial charge in [-0.05, 0) is 19.9 Å². The first-order valence-electron chi connectivity index (χ1n) is 7.15. The standard InChI is InChI=1S/C14H23N3OS/c1-15-9-13(18)16-8-7-14-17-12(10-19-14)11-5-3-2-4-6-11/h10-11,15H,2-9H2,1H3,(H,16,18). The number of carbonyl (C=O) groups excluding carboxylic acids is 1. The highest BCUT2D eigenvalue weighted by atomic mass is 32.1. The quantitative estimate of drug-likeness (QED) is 0.839. The Morgan fingerprint density at radius 1 is 1.42 bits per heavy atom. The molecule has 0 aliphatic heterocycles. The number of hydrogen-bond acceptors (Lipinski definition) is 4. The highest BCUT2D eigenvalue weighted by molar-refractivity contribution is 7.09. The summed E-state index contributed by atoms with van der Waals surface area (Å²) < 4.78 is 0. The largest absolute Gasteiger partial charge is 0.355 e. The van der Waals surface area contributed by atoms with Gasteiger partial charge in [0.2, 0.25) is 5.91 Å². The van der Waals surface area contributed by atoms with Gasteiger partial charge in [-0.1, -0.05) is 19.3 Å². The number of nitrogens with one attached hydrogen (secondary N) is 2. The fraction of sp³-hybridized carbons (Fsp3) is 0.714. The van der Waals surface area contributed by atoms with Gasteiger partial charge in [-0.25, -0.2) is 4.98 Å². The van der Waals surface area contributed by atoms with E-state index in [-0.39, 0.29) is 5.91 Å². The second kappa shape index (κ2) is 7.60. The maximum Gasteiger partial charge on any atom is 0.233 e. The lowest BCUT2D eigenvalue weighted by atomic mass is 9.87. The topological polar surface area (TPSA) is 54.0 Å². The first-order chi connectivity index (χ1) is 9.29. The van der Waals surface area contributed by atoms with Gasteiger partial charge in [-0.2, -0.15) is 0 Å². The molecule has 5 heteroatoms. The molecular formula is C14H23N3OS. The Labute approximate surface area is 119 Å². The Bertz CT molecular complexity index is 399. The average Bonchev–Trinajstić information content (AvgIpc) is 2.89. The van der Waals surface area contributed by atoms with Crippen LogP contribution in [-0.2, 0) is 11.2 Å². The minimum absolute atomic E-state index is 0.0477. The molecule has 2 rings (SSSR count).